The molecule has 0 amide bonds. The van der Waals surface area contributed by atoms with Crippen LogP contribution >= 0.6 is 0 Å². The molecule has 23 heavy (non-hydrogen) atoms. The third-order valence-corrected chi connectivity index (χ3v) is 4.00. The molecule has 1 N–H and O–H groups in total. The Morgan fingerprint density at radius 1 is 1.22 bits per heavy atom. The molecule has 1 aromatic rings. The molecule has 0 aliphatic carbocycles. The molecular weight excluding hydrogens is 288 g/mol. The summed E-state index contributed by atoms with van der Waals surface area (Å²) in [6.45, 7) is 4.03. The van der Waals surface area contributed by atoms with Crippen LogP contribution in [0.2, 0.25) is 0 Å². The van der Waals surface area contributed by atoms with Crippen molar-refractivity contribution in [1.29, 1.82) is 0 Å². The summed E-state index contributed by atoms with van der Waals surface area (Å²) >= 11 is 0. The molecule has 5 heteroatoms. The second-order valence-electron chi connectivity index (χ2n) is 5.96. The van der Waals surface area contributed by atoms with E-state index in [4.69, 9.17) is 4.74 Å². The lowest BCUT2D eigenvalue weighted by molar-refractivity contribution is 0.295. The van der Waals surface area contributed by atoms with Gasteiger partial charge in [0.05, 0.1) is 13.2 Å². The van der Waals surface area contributed by atoms with Gasteiger partial charge in [0.25, 0.3) is 0 Å². The number of nitrogens with one attached hydrogen (secondary N) is 1. The summed E-state index contributed by atoms with van der Waals surface area (Å²) in [5.41, 5.74) is 1.26. The van der Waals surface area contributed by atoms with Crippen molar-refractivity contribution in [3.05, 3.63) is 29.8 Å². The van der Waals surface area contributed by atoms with E-state index in [1.165, 1.54) is 18.4 Å². The molecule has 1 unspecified atom stereocenters. The van der Waals surface area contributed by atoms with Gasteiger partial charge in [0, 0.05) is 27.2 Å². The largest absolute Gasteiger partial charge is 0.497 e. The van der Waals surface area contributed by atoms with E-state index < -0.39 is 0 Å². The van der Waals surface area contributed by atoms with Crippen molar-refractivity contribution < 1.29 is 4.74 Å². The lowest BCUT2D eigenvalue weighted by Crippen LogP contribution is -2.43. The number of ether oxygens (including phenoxy) is 1. The Kier molecular flexibility index (Phi) is 8.48. The number of unbranched alkanes of at least 4 members (excludes halogenated alkanes) is 1. The number of hydrogen-bond donors (Lipinski definition) is 1. The molecule has 0 saturated carbocycles. The van der Waals surface area contributed by atoms with Crippen LogP contribution in [0.25, 0.3) is 0 Å². The number of guanidine groups is 1. The number of likely N-dealkylation sites (N-methyl/N-ethyl adjacent to an activating group) is 1. The van der Waals surface area contributed by atoms with Crippen LogP contribution in [0, 0.1) is 0 Å². The van der Waals surface area contributed by atoms with E-state index in [-0.39, 0.29) is 6.04 Å². The normalized spacial score (nSPS) is 13.1. The van der Waals surface area contributed by atoms with Gasteiger partial charge in [-0.2, -0.15) is 0 Å². The third-order valence-electron chi connectivity index (χ3n) is 4.00. The van der Waals surface area contributed by atoms with Crippen LogP contribution in [0.15, 0.2) is 29.3 Å². The number of methoxy groups -OCH3 is 1. The van der Waals surface area contributed by atoms with Crippen LogP contribution in [0.3, 0.4) is 0 Å². The zero-order valence-corrected chi connectivity index (χ0v) is 15.5. The lowest BCUT2D eigenvalue weighted by atomic mass is 10.1. The number of hydrogen-bond acceptors (Lipinski definition) is 3. The predicted molar refractivity (Wildman–Crippen MR) is 98.3 cm³/mol. The SMILES string of the molecule is CCCCN(C)C(=NC)NCC(c1ccc(OC)cc1)N(C)C. The standard InChI is InChI=1S/C18H32N4O/c1-7-8-13-22(5)18(19-2)20-14-17(21(3)4)15-9-11-16(23-6)12-10-15/h9-12,17H,7-8,13-14H2,1-6H3,(H,19,20). The summed E-state index contributed by atoms with van der Waals surface area (Å²) < 4.78 is 5.24. The van der Waals surface area contributed by atoms with Crippen LogP contribution in [-0.4, -0.2) is 64.1 Å². The van der Waals surface area contributed by atoms with Gasteiger partial charge in [-0.1, -0.05) is 25.5 Å². The third kappa shape index (κ3) is 6.10. The van der Waals surface area contributed by atoms with Gasteiger partial charge in [-0.25, -0.2) is 0 Å². The van der Waals surface area contributed by atoms with Gasteiger partial charge in [0.1, 0.15) is 5.75 Å². The molecule has 1 rings (SSSR count). The Balaban J connectivity index is 2.71. The van der Waals surface area contributed by atoms with Crippen LogP contribution in [0.1, 0.15) is 31.4 Å². The first-order valence-electron chi connectivity index (χ1n) is 8.25. The first kappa shape index (κ1) is 19.3. The Morgan fingerprint density at radius 3 is 2.35 bits per heavy atom. The molecule has 0 aliphatic rings. The smallest absolute Gasteiger partial charge is 0.193 e. The molecule has 1 atom stereocenters. The quantitative estimate of drug-likeness (QED) is 0.590. The van der Waals surface area contributed by atoms with Crippen molar-refractivity contribution in [3.8, 4) is 5.75 Å². The fourth-order valence-corrected chi connectivity index (χ4v) is 2.50. The molecular formula is C18H32N4O. The Bertz CT molecular complexity index is 470. The predicted octanol–water partition coefficient (Wildman–Crippen LogP) is 2.61. The van der Waals surface area contributed by atoms with Crippen molar-refractivity contribution in [2.45, 2.75) is 25.8 Å². The minimum Gasteiger partial charge on any atom is -0.497 e. The van der Waals surface area contributed by atoms with E-state index in [9.17, 15) is 0 Å². The number of benzene rings is 1. The minimum absolute atomic E-state index is 0.275. The van der Waals surface area contributed by atoms with Crippen molar-refractivity contribution in [2.75, 3.05) is 48.4 Å². The minimum atomic E-state index is 0.275. The second kappa shape index (κ2) is 10.1. The van der Waals surface area contributed by atoms with E-state index in [0.29, 0.717) is 0 Å². The second-order valence-corrected chi connectivity index (χ2v) is 5.96. The first-order chi connectivity index (χ1) is 11.0. The number of nitrogens with zero attached hydrogens (tertiary/aromatic N) is 3. The summed E-state index contributed by atoms with van der Waals surface area (Å²) in [6.07, 6.45) is 2.36. The van der Waals surface area contributed by atoms with Crippen molar-refractivity contribution >= 4 is 5.96 Å². The van der Waals surface area contributed by atoms with Crippen LogP contribution < -0.4 is 10.1 Å². The van der Waals surface area contributed by atoms with Crippen molar-refractivity contribution in [3.63, 3.8) is 0 Å². The molecule has 0 heterocycles. The molecule has 0 bridgehead atoms. The molecule has 5 nitrogen and oxygen atoms in total. The lowest BCUT2D eigenvalue weighted by Gasteiger charge is -2.28. The van der Waals surface area contributed by atoms with E-state index in [1.54, 1.807) is 7.11 Å². The van der Waals surface area contributed by atoms with Gasteiger partial charge in [0.15, 0.2) is 5.96 Å². The Hall–Kier alpha value is -1.75. The Morgan fingerprint density at radius 2 is 1.87 bits per heavy atom. The highest BCUT2D eigenvalue weighted by Crippen LogP contribution is 2.20. The fraction of sp³-hybridized carbons (Fsp3) is 0.611. The monoisotopic (exact) mass is 320 g/mol. The molecule has 0 fully saturated rings. The van der Waals surface area contributed by atoms with Crippen LogP contribution in [-0.2, 0) is 0 Å². The highest BCUT2D eigenvalue weighted by Gasteiger charge is 2.15. The molecule has 0 aromatic heterocycles. The first-order valence-corrected chi connectivity index (χ1v) is 8.25. The topological polar surface area (TPSA) is 40.1 Å². The zero-order chi connectivity index (χ0) is 17.2. The van der Waals surface area contributed by atoms with E-state index in [0.717, 1.165) is 24.8 Å². The van der Waals surface area contributed by atoms with Crippen molar-refractivity contribution in [1.82, 2.24) is 15.1 Å². The molecule has 0 spiro atoms. The summed E-state index contributed by atoms with van der Waals surface area (Å²) in [4.78, 5) is 8.79. The van der Waals surface area contributed by atoms with Crippen LogP contribution in [0.5, 0.6) is 5.75 Å². The summed E-state index contributed by atoms with van der Waals surface area (Å²) in [6, 6.07) is 8.53. The zero-order valence-electron chi connectivity index (χ0n) is 15.5. The maximum atomic E-state index is 5.24. The van der Waals surface area contributed by atoms with Gasteiger partial charge >= 0.3 is 0 Å². The van der Waals surface area contributed by atoms with E-state index in [1.807, 2.05) is 19.2 Å². The highest BCUT2D eigenvalue weighted by atomic mass is 16.5. The summed E-state index contributed by atoms with van der Waals surface area (Å²) in [7, 11) is 9.81. The highest BCUT2D eigenvalue weighted by molar-refractivity contribution is 5.79. The van der Waals surface area contributed by atoms with E-state index >= 15 is 0 Å². The molecule has 130 valence electrons. The molecule has 0 saturated heterocycles. The van der Waals surface area contributed by atoms with Crippen molar-refractivity contribution in [2.24, 2.45) is 4.99 Å². The summed E-state index contributed by atoms with van der Waals surface area (Å²) in [5.74, 6) is 1.83. The van der Waals surface area contributed by atoms with Gasteiger partial charge in [-0.05, 0) is 38.2 Å². The molecule has 0 radical (unpaired) electrons. The average molecular weight is 320 g/mol. The van der Waals surface area contributed by atoms with Crippen LogP contribution in [0.4, 0.5) is 0 Å². The van der Waals surface area contributed by atoms with Gasteiger partial charge in [-0.3, -0.25) is 4.99 Å². The maximum absolute atomic E-state index is 5.24. The number of rotatable bonds is 8. The van der Waals surface area contributed by atoms with Gasteiger partial charge < -0.3 is 19.9 Å². The van der Waals surface area contributed by atoms with Gasteiger partial charge in [0.2, 0.25) is 0 Å². The molecule has 1 aromatic carbocycles. The number of aliphatic imine (C=N–C) groups is 1. The molecule has 0 aliphatic heterocycles. The fourth-order valence-electron chi connectivity index (χ4n) is 2.50. The average Bonchev–Trinajstić information content (AvgIpc) is 2.56. The van der Waals surface area contributed by atoms with E-state index in [2.05, 4.69) is 60.3 Å². The van der Waals surface area contributed by atoms with Gasteiger partial charge in [-0.15, -0.1) is 0 Å². The maximum Gasteiger partial charge on any atom is 0.193 e. The Labute approximate surface area is 141 Å². The summed E-state index contributed by atoms with van der Waals surface area (Å²) in [5, 5.41) is 3.49.